The van der Waals surface area contributed by atoms with E-state index in [1.165, 1.54) is 37.9 Å². The molecule has 0 unspecified atom stereocenters. The molecule has 0 nitrogen and oxygen atoms in total. The Morgan fingerprint density at radius 3 is 1.00 bits per heavy atom. The molecule has 0 amide bonds. The van der Waals surface area contributed by atoms with Gasteiger partial charge >= 0.3 is 44.8 Å². The average molecular weight is 1000 g/mol. The molecule has 61 heavy (non-hydrogen) atoms. The van der Waals surface area contributed by atoms with E-state index in [4.69, 9.17) is 12.8 Å². The molecule has 0 aliphatic rings. The Morgan fingerprint density at radius 1 is 0.311 bits per heavy atom. The summed E-state index contributed by atoms with van der Waals surface area (Å²) in [5.41, 5.74) is 1.74. The summed E-state index contributed by atoms with van der Waals surface area (Å²) in [6.45, 7) is 0. The van der Waals surface area contributed by atoms with Gasteiger partial charge in [0.1, 0.15) is 37.1 Å². The van der Waals surface area contributed by atoms with Gasteiger partial charge in [0.15, 0.2) is 5.90 Å². The molecular formula is C57H42Ag2P2+2. The molecule has 10 rings (SSSR count). The van der Waals surface area contributed by atoms with Crippen LogP contribution in [0.2, 0.25) is 0 Å². The molecule has 0 bridgehead atoms. The fraction of sp³-hybridized carbons (Fsp3) is 0.0175. The van der Waals surface area contributed by atoms with Crippen LogP contribution in [0.3, 0.4) is 0 Å². The van der Waals surface area contributed by atoms with E-state index in [-0.39, 0.29) is 44.8 Å². The first-order valence-electron chi connectivity index (χ1n) is 19.8. The van der Waals surface area contributed by atoms with Gasteiger partial charge in [0.05, 0.1) is 0 Å². The maximum atomic E-state index is 7.46. The largest absolute Gasteiger partial charge is 1.00 e. The Hall–Kier alpha value is -5.30. The van der Waals surface area contributed by atoms with E-state index in [2.05, 4.69) is 170 Å². The van der Waals surface area contributed by atoms with Crippen molar-refractivity contribution in [1.29, 1.82) is 0 Å². The number of hydrogen-bond acceptors (Lipinski definition) is 0. The number of benzene rings is 10. The minimum atomic E-state index is -0.847. The topological polar surface area (TPSA) is 0 Å². The van der Waals surface area contributed by atoms with Crippen LogP contribution in [-0.2, 0) is 44.8 Å². The van der Waals surface area contributed by atoms with Crippen LogP contribution >= 0.6 is 15.8 Å². The van der Waals surface area contributed by atoms with Gasteiger partial charge in [-0.3, -0.25) is 11.8 Å². The van der Waals surface area contributed by atoms with Crippen molar-refractivity contribution < 1.29 is 44.8 Å². The Bertz CT molecular complexity index is 2820. The van der Waals surface area contributed by atoms with Gasteiger partial charge in [0.2, 0.25) is 0 Å². The smallest absolute Gasteiger partial charge is 0.366 e. The van der Waals surface area contributed by atoms with Crippen LogP contribution in [0.15, 0.2) is 231 Å². The first kappa shape index (κ1) is 45.2. The van der Waals surface area contributed by atoms with E-state index >= 15 is 0 Å². The summed E-state index contributed by atoms with van der Waals surface area (Å²) in [5, 5.41) is 15.2. The third-order valence-corrected chi connectivity index (χ3v) is 17.6. The van der Waals surface area contributed by atoms with Gasteiger partial charge in [-0.25, -0.2) is 0 Å². The second kappa shape index (κ2) is 22.5. The molecule has 0 aliphatic carbocycles. The summed E-state index contributed by atoms with van der Waals surface area (Å²) in [4.78, 5) is 0. The molecule has 0 saturated carbocycles. The van der Waals surface area contributed by atoms with Gasteiger partial charge in [0, 0.05) is 0 Å². The minimum absolute atomic E-state index is 0. The van der Waals surface area contributed by atoms with Crippen LogP contribution in [0, 0.1) is 24.7 Å². The predicted molar refractivity (Wildman–Crippen MR) is 261 cm³/mol. The number of rotatable bonds is 6. The van der Waals surface area contributed by atoms with Crippen molar-refractivity contribution in [2.75, 3.05) is 5.90 Å². The van der Waals surface area contributed by atoms with Gasteiger partial charge in [0.25, 0.3) is 0 Å². The van der Waals surface area contributed by atoms with Crippen molar-refractivity contribution in [2.45, 2.75) is 0 Å². The quantitative estimate of drug-likeness (QED) is 0.0389. The fourth-order valence-electron chi connectivity index (χ4n) is 7.78. The summed E-state index contributed by atoms with van der Waals surface area (Å²) < 4.78 is 0. The van der Waals surface area contributed by atoms with Crippen LogP contribution in [-0.4, -0.2) is 5.90 Å². The standard InChI is InChI=1S/C25H22P2.2C16H9.2Ag/c1-5-13-22(14-6-1)26(23-15-7-2-8-16-23)21-27(24-17-9-3-10-18-24)25-19-11-4-12-20-25;1-2-14-15-9-5-3-7-12(15)11-13-8-4-6-10-16(13)14;1-2-12-11-13-7-3-4-9-15(13)16-10-6-5-8-14(12)16;;/h1-20H,21H2;2*3-11H;;/q;2*-1;2*+1/p+2. The van der Waals surface area contributed by atoms with E-state index in [9.17, 15) is 0 Å². The van der Waals surface area contributed by atoms with Crippen molar-refractivity contribution in [3.63, 3.8) is 0 Å². The predicted octanol–water partition coefficient (Wildman–Crippen LogP) is 12.5. The zero-order chi connectivity index (χ0) is 40.2. The summed E-state index contributed by atoms with van der Waals surface area (Å²) >= 11 is 0. The zero-order valence-corrected chi connectivity index (χ0v) is 38.2. The van der Waals surface area contributed by atoms with Gasteiger partial charge in [-0.1, -0.05) is 186 Å². The molecule has 300 valence electrons. The number of fused-ring (bicyclic) bond motifs is 5. The molecular weight excluding hydrogens is 962 g/mol. The Labute approximate surface area is 394 Å². The van der Waals surface area contributed by atoms with E-state index < -0.39 is 15.8 Å². The van der Waals surface area contributed by atoms with Crippen LogP contribution in [0.25, 0.3) is 43.1 Å². The van der Waals surface area contributed by atoms with Crippen molar-refractivity contribution >= 4 is 80.2 Å². The molecule has 0 atom stereocenters. The zero-order valence-electron chi connectivity index (χ0n) is 33.2. The fourth-order valence-corrected chi connectivity index (χ4v) is 15.5. The molecule has 0 aromatic heterocycles. The van der Waals surface area contributed by atoms with Crippen LogP contribution < -0.4 is 21.2 Å². The number of hydrogen-bond donors (Lipinski definition) is 0. The normalized spacial score (nSPS) is 10.4. The molecule has 0 N–H and O–H groups in total. The summed E-state index contributed by atoms with van der Waals surface area (Å²) in [7, 11) is -1.69. The first-order valence-corrected chi connectivity index (χ1v) is 23.2. The Kier molecular flexibility index (Phi) is 16.7. The third-order valence-electron chi connectivity index (χ3n) is 10.6. The van der Waals surface area contributed by atoms with E-state index in [0.717, 1.165) is 43.4 Å². The second-order valence-electron chi connectivity index (χ2n) is 14.2. The molecule has 0 heterocycles. The van der Waals surface area contributed by atoms with E-state index in [1.807, 2.05) is 72.8 Å². The van der Waals surface area contributed by atoms with Gasteiger partial charge in [-0.2, -0.15) is 0 Å². The molecule has 4 heteroatoms. The Balaban J connectivity index is 0.000000159. The minimum Gasteiger partial charge on any atom is -0.366 e. The monoisotopic (exact) mass is 1000 g/mol. The van der Waals surface area contributed by atoms with Crippen molar-refractivity contribution in [3.05, 3.63) is 254 Å². The van der Waals surface area contributed by atoms with Gasteiger partial charge < -0.3 is 12.8 Å². The first-order chi connectivity index (χ1) is 29.2. The van der Waals surface area contributed by atoms with Crippen LogP contribution in [0.4, 0.5) is 0 Å². The maximum Gasteiger partial charge on any atom is 1.00 e. The second-order valence-corrected chi connectivity index (χ2v) is 19.9. The van der Waals surface area contributed by atoms with Gasteiger partial charge in [-0.15, -0.1) is 17.2 Å². The summed E-state index contributed by atoms with van der Waals surface area (Å²) in [6.07, 6.45) is 14.8. The van der Waals surface area contributed by atoms with Crippen molar-refractivity contribution in [2.24, 2.45) is 0 Å². The van der Waals surface area contributed by atoms with Gasteiger partial charge in [-0.05, 0) is 81.5 Å². The van der Waals surface area contributed by atoms with Crippen molar-refractivity contribution in [1.82, 2.24) is 0 Å². The summed E-state index contributed by atoms with van der Waals surface area (Å²) in [6, 6.07) is 81.3. The van der Waals surface area contributed by atoms with Crippen molar-refractivity contribution in [3.8, 4) is 11.8 Å². The maximum absolute atomic E-state index is 7.46. The van der Waals surface area contributed by atoms with E-state index in [0.29, 0.717) is 0 Å². The molecule has 0 saturated heterocycles. The average Bonchev–Trinajstić information content (AvgIpc) is 3.32. The molecule has 10 aromatic rings. The Morgan fingerprint density at radius 2 is 0.623 bits per heavy atom. The molecule has 0 fully saturated rings. The SMILES string of the molecule is [Ag+].[Ag+].[C-]#Cc1c2ccccc2cc2ccccc12.[C-]#Cc1cc2ccccc2c2ccccc12.c1ccc([PH+](C[PH+](c2ccccc2)c2ccccc2)c2ccccc2)cc1. The molecule has 10 aromatic carbocycles. The molecule has 0 radical (unpaired) electrons. The third kappa shape index (κ3) is 10.8. The van der Waals surface area contributed by atoms with Crippen LogP contribution in [0.5, 0.6) is 0 Å². The van der Waals surface area contributed by atoms with Crippen LogP contribution in [0.1, 0.15) is 11.1 Å². The molecule has 0 spiro atoms. The summed E-state index contributed by atoms with van der Waals surface area (Å²) in [5.74, 6) is 6.32. The van der Waals surface area contributed by atoms with E-state index in [1.54, 1.807) is 0 Å². The molecule has 0 aliphatic heterocycles.